The summed E-state index contributed by atoms with van der Waals surface area (Å²) in [7, 11) is 0.657. The Bertz CT molecular complexity index is 1120. The molecule has 1 amide bonds. The predicted molar refractivity (Wildman–Crippen MR) is 113 cm³/mol. The molecule has 0 aliphatic heterocycles. The number of fused-ring (bicyclic) bond motifs is 1. The molecular weight excluding hydrogens is 394 g/mol. The molecule has 0 unspecified atom stereocenters. The van der Waals surface area contributed by atoms with E-state index in [0.29, 0.717) is 17.2 Å². The van der Waals surface area contributed by atoms with Crippen LogP contribution >= 0.6 is 11.3 Å². The Kier molecular flexibility index (Phi) is 5.83. The fourth-order valence-corrected chi connectivity index (χ4v) is 4.53. The molecule has 2 aromatic carbocycles. The van der Waals surface area contributed by atoms with Crippen molar-refractivity contribution in [3.8, 4) is 0 Å². The summed E-state index contributed by atoms with van der Waals surface area (Å²) in [5, 5.41) is 0.622. The first-order valence-electron chi connectivity index (χ1n) is 8.93. The van der Waals surface area contributed by atoms with Gasteiger partial charge in [0.25, 0.3) is 5.91 Å². The molecule has 0 bridgehead atoms. The Morgan fingerprint density at radius 1 is 1.18 bits per heavy atom. The number of sulfone groups is 1. The van der Waals surface area contributed by atoms with E-state index in [-0.39, 0.29) is 10.8 Å². The van der Waals surface area contributed by atoms with E-state index in [1.54, 1.807) is 17.0 Å². The summed E-state index contributed by atoms with van der Waals surface area (Å²) in [6, 6.07) is 12.2. The number of nitrogens with one attached hydrogen (secondary N) is 1. The van der Waals surface area contributed by atoms with E-state index in [1.807, 2.05) is 33.2 Å². The number of carbonyl (C=O) groups excluding carboxylic acids is 1. The van der Waals surface area contributed by atoms with Crippen LogP contribution in [0, 0.1) is 6.92 Å². The average Bonchev–Trinajstić information content (AvgIpc) is 3.03. The molecule has 0 saturated heterocycles. The lowest BCUT2D eigenvalue weighted by molar-refractivity contribution is -0.856. The summed E-state index contributed by atoms with van der Waals surface area (Å²) >= 11 is 1.47. The van der Waals surface area contributed by atoms with Crippen molar-refractivity contribution in [2.24, 2.45) is 0 Å². The zero-order chi connectivity index (χ0) is 20.5. The number of quaternary nitrogens is 1. The number of benzene rings is 2. The fraction of sp³-hybridized carbons (Fsp3) is 0.300. The van der Waals surface area contributed by atoms with Crippen LogP contribution in [0.3, 0.4) is 0 Å². The smallest absolute Gasteiger partial charge is 0.260 e. The standard InChI is InChI=1S/C20H23N3O3S2/c1-14-8-9-17-18(12-14)27-20(21-17)23(11-10-22(2)3)19(24)15-6-5-7-16(13-15)28(4,25)26/h5-9,12-13H,10-11H2,1-4H3/p+1. The molecule has 148 valence electrons. The molecule has 3 aromatic rings. The molecule has 0 saturated carbocycles. The molecule has 0 spiro atoms. The van der Waals surface area contributed by atoms with Crippen LogP contribution in [0.2, 0.25) is 0 Å². The summed E-state index contributed by atoms with van der Waals surface area (Å²) in [5.41, 5.74) is 2.33. The lowest BCUT2D eigenvalue weighted by atomic mass is 10.2. The normalized spacial score (nSPS) is 11.9. The maximum atomic E-state index is 13.3. The van der Waals surface area contributed by atoms with E-state index in [9.17, 15) is 13.2 Å². The average molecular weight is 419 g/mol. The first-order valence-corrected chi connectivity index (χ1v) is 11.6. The number of carbonyl (C=O) groups is 1. The molecule has 0 aliphatic rings. The van der Waals surface area contributed by atoms with Gasteiger partial charge in [0.15, 0.2) is 15.0 Å². The number of anilines is 1. The Morgan fingerprint density at radius 3 is 2.61 bits per heavy atom. The van der Waals surface area contributed by atoms with Crippen LogP contribution in [-0.4, -0.2) is 52.7 Å². The predicted octanol–water partition coefficient (Wildman–Crippen LogP) is 1.80. The quantitative estimate of drug-likeness (QED) is 0.663. The van der Waals surface area contributed by atoms with Crippen LogP contribution in [0.25, 0.3) is 10.2 Å². The number of aryl methyl sites for hydroxylation is 1. The molecule has 8 heteroatoms. The molecule has 0 atom stereocenters. The van der Waals surface area contributed by atoms with Crippen LogP contribution < -0.4 is 9.80 Å². The van der Waals surface area contributed by atoms with Gasteiger partial charge >= 0.3 is 0 Å². The lowest BCUT2D eigenvalue weighted by Crippen LogP contribution is -3.06. The van der Waals surface area contributed by atoms with Gasteiger partial charge in [0, 0.05) is 11.8 Å². The molecule has 0 fully saturated rings. The molecule has 6 nitrogen and oxygen atoms in total. The third-order valence-electron chi connectivity index (χ3n) is 4.35. The second kappa shape index (κ2) is 7.98. The van der Waals surface area contributed by atoms with Gasteiger partial charge in [-0.25, -0.2) is 13.4 Å². The van der Waals surface area contributed by atoms with Gasteiger partial charge in [0.1, 0.15) is 0 Å². The Balaban J connectivity index is 2.02. The maximum absolute atomic E-state index is 13.3. The van der Waals surface area contributed by atoms with Crippen molar-refractivity contribution in [2.45, 2.75) is 11.8 Å². The number of hydrogen-bond donors (Lipinski definition) is 1. The fourth-order valence-electron chi connectivity index (χ4n) is 2.77. The summed E-state index contributed by atoms with van der Waals surface area (Å²) in [6.07, 6.45) is 1.14. The highest BCUT2D eigenvalue weighted by Gasteiger charge is 2.23. The number of nitrogens with zero attached hydrogens (tertiary/aromatic N) is 2. The molecule has 0 radical (unpaired) electrons. The summed E-state index contributed by atoms with van der Waals surface area (Å²) in [4.78, 5) is 20.9. The van der Waals surface area contributed by atoms with Crippen molar-refractivity contribution in [3.63, 3.8) is 0 Å². The zero-order valence-corrected chi connectivity index (χ0v) is 18.0. The largest absolute Gasteiger partial charge is 0.338 e. The zero-order valence-electron chi connectivity index (χ0n) is 16.4. The Labute approximate surface area is 169 Å². The van der Waals surface area contributed by atoms with E-state index < -0.39 is 9.84 Å². The van der Waals surface area contributed by atoms with Crippen LogP contribution in [-0.2, 0) is 9.84 Å². The van der Waals surface area contributed by atoms with Gasteiger partial charge in [-0.05, 0) is 42.8 Å². The van der Waals surface area contributed by atoms with Crippen LogP contribution in [0.4, 0.5) is 5.13 Å². The van der Waals surface area contributed by atoms with Crippen molar-refractivity contribution < 1.29 is 18.1 Å². The van der Waals surface area contributed by atoms with Crippen molar-refractivity contribution in [1.29, 1.82) is 0 Å². The Hall–Kier alpha value is -2.29. The molecule has 28 heavy (non-hydrogen) atoms. The Morgan fingerprint density at radius 2 is 1.93 bits per heavy atom. The molecule has 1 heterocycles. The first kappa shape index (κ1) is 20.4. The summed E-state index contributed by atoms with van der Waals surface area (Å²) in [6.45, 7) is 3.25. The molecule has 1 N–H and O–H groups in total. The number of likely N-dealkylation sites (N-methyl/N-ethyl adjacent to an activating group) is 1. The number of amides is 1. The van der Waals surface area contributed by atoms with Gasteiger partial charge < -0.3 is 4.90 Å². The molecular formula is C20H24N3O3S2+. The SMILES string of the molecule is Cc1ccc2nc(N(CC[NH+](C)C)C(=O)c3cccc(S(C)(=O)=O)c3)sc2c1. The minimum atomic E-state index is -3.39. The second-order valence-electron chi connectivity index (χ2n) is 7.18. The van der Waals surface area contributed by atoms with Crippen LogP contribution in [0.5, 0.6) is 0 Å². The molecule has 0 aliphatic carbocycles. The van der Waals surface area contributed by atoms with Gasteiger partial charge in [0.2, 0.25) is 0 Å². The monoisotopic (exact) mass is 418 g/mol. The minimum absolute atomic E-state index is 0.136. The maximum Gasteiger partial charge on any atom is 0.260 e. The van der Waals surface area contributed by atoms with Crippen molar-refractivity contribution in [3.05, 3.63) is 53.6 Å². The van der Waals surface area contributed by atoms with Crippen molar-refractivity contribution in [1.82, 2.24) is 4.98 Å². The van der Waals surface area contributed by atoms with Crippen LogP contribution in [0.15, 0.2) is 47.4 Å². The van der Waals surface area contributed by atoms with Gasteiger partial charge in [-0.2, -0.15) is 0 Å². The number of thiazole rings is 1. The van der Waals surface area contributed by atoms with Gasteiger partial charge in [0.05, 0.1) is 42.3 Å². The third kappa shape index (κ3) is 4.57. The first-order chi connectivity index (χ1) is 13.1. The molecule has 1 aromatic heterocycles. The van der Waals surface area contributed by atoms with Gasteiger partial charge in [-0.3, -0.25) is 9.69 Å². The highest BCUT2D eigenvalue weighted by atomic mass is 32.2. The van der Waals surface area contributed by atoms with Gasteiger partial charge in [-0.15, -0.1) is 0 Å². The third-order valence-corrected chi connectivity index (χ3v) is 6.50. The van der Waals surface area contributed by atoms with Gasteiger partial charge in [-0.1, -0.05) is 23.5 Å². The second-order valence-corrected chi connectivity index (χ2v) is 10.2. The minimum Gasteiger partial charge on any atom is -0.338 e. The molecule has 3 rings (SSSR count). The summed E-state index contributed by atoms with van der Waals surface area (Å²) in [5.74, 6) is -0.248. The van der Waals surface area contributed by atoms with E-state index in [0.717, 1.165) is 28.6 Å². The summed E-state index contributed by atoms with van der Waals surface area (Å²) < 4.78 is 24.8. The van der Waals surface area contributed by atoms with E-state index >= 15 is 0 Å². The van der Waals surface area contributed by atoms with E-state index in [2.05, 4.69) is 11.1 Å². The highest BCUT2D eigenvalue weighted by molar-refractivity contribution is 7.90. The number of hydrogen-bond acceptors (Lipinski definition) is 5. The van der Waals surface area contributed by atoms with Crippen molar-refractivity contribution >= 4 is 42.4 Å². The van der Waals surface area contributed by atoms with E-state index in [1.165, 1.54) is 28.4 Å². The highest BCUT2D eigenvalue weighted by Crippen LogP contribution is 2.30. The topological polar surface area (TPSA) is 71.8 Å². The van der Waals surface area contributed by atoms with Crippen LogP contribution in [0.1, 0.15) is 15.9 Å². The van der Waals surface area contributed by atoms with E-state index in [4.69, 9.17) is 0 Å². The number of aromatic nitrogens is 1. The lowest BCUT2D eigenvalue weighted by Gasteiger charge is -2.21. The van der Waals surface area contributed by atoms with Crippen molar-refractivity contribution in [2.75, 3.05) is 38.3 Å². The number of rotatable bonds is 6.